The second-order valence-electron chi connectivity index (χ2n) is 9.71. The number of amides is 3. The molecule has 2 aromatic carbocycles. The van der Waals surface area contributed by atoms with E-state index in [4.69, 9.17) is 4.74 Å². The van der Waals surface area contributed by atoms with Crippen molar-refractivity contribution >= 4 is 23.6 Å². The average Bonchev–Trinajstić information content (AvgIpc) is 2.78. The Labute approximate surface area is 212 Å². The average molecular weight is 500 g/mol. The van der Waals surface area contributed by atoms with E-state index in [0.29, 0.717) is 11.3 Å². The van der Waals surface area contributed by atoms with Crippen molar-refractivity contribution < 1.29 is 29.3 Å². The molecule has 0 aliphatic carbocycles. The van der Waals surface area contributed by atoms with Crippen LogP contribution in [0.15, 0.2) is 42.5 Å². The number of rotatable bonds is 9. The minimum absolute atomic E-state index is 0.204. The standard InChI is InChI=1S/C27H37N3O6/c1-17-9-7-12-20(15-17)23(24(33)29-22-18(2)10-8-11-19(22)3)30(13-14-31)25(34)21(16-32)28-26(35)36-27(4,5)6/h7-12,15,21,23,31-32H,13-14,16H2,1-6H3,(H,28,35)(H,29,33). The fourth-order valence-corrected chi connectivity index (χ4v) is 3.83. The molecule has 4 N–H and O–H groups in total. The van der Waals surface area contributed by atoms with Crippen LogP contribution in [0.4, 0.5) is 10.5 Å². The van der Waals surface area contributed by atoms with E-state index in [1.807, 2.05) is 45.0 Å². The second-order valence-corrected chi connectivity index (χ2v) is 9.71. The molecule has 0 aliphatic heterocycles. The third-order valence-electron chi connectivity index (χ3n) is 5.44. The van der Waals surface area contributed by atoms with E-state index in [2.05, 4.69) is 10.6 Å². The number of carbonyl (C=O) groups is 3. The molecular formula is C27H37N3O6. The van der Waals surface area contributed by atoms with Crippen LogP contribution in [0, 0.1) is 20.8 Å². The van der Waals surface area contributed by atoms with Gasteiger partial charge in [0.05, 0.1) is 13.2 Å². The number of aryl methyl sites for hydroxylation is 3. The van der Waals surface area contributed by atoms with Gasteiger partial charge in [0.15, 0.2) is 0 Å². The molecule has 0 fully saturated rings. The number of anilines is 1. The monoisotopic (exact) mass is 499 g/mol. The lowest BCUT2D eigenvalue weighted by atomic mass is 10.00. The zero-order chi connectivity index (χ0) is 27.0. The van der Waals surface area contributed by atoms with Gasteiger partial charge >= 0.3 is 6.09 Å². The first-order chi connectivity index (χ1) is 16.9. The van der Waals surface area contributed by atoms with Crippen molar-refractivity contribution in [1.82, 2.24) is 10.2 Å². The maximum atomic E-state index is 13.7. The van der Waals surface area contributed by atoms with Crippen LogP contribution in [-0.2, 0) is 14.3 Å². The molecule has 0 aromatic heterocycles. The molecular weight excluding hydrogens is 462 g/mol. The summed E-state index contributed by atoms with van der Waals surface area (Å²) in [5.74, 6) is -1.23. The van der Waals surface area contributed by atoms with Gasteiger partial charge in [-0.3, -0.25) is 9.59 Å². The minimum atomic E-state index is -1.38. The molecule has 0 spiro atoms. The van der Waals surface area contributed by atoms with Gasteiger partial charge < -0.3 is 30.5 Å². The fourth-order valence-electron chi connectivity index (χ4n) is 3.83. The number of hydrogen-bond donors (Lipinski definition) is 4. The fraction of sp³-hybridized carbons (Fsp3) is 0.444. The summed E-state index contributed by atoms with van der Waals surface area (Å²) in [7, 11) is 0. The van der Waals surface area contributed by atoms with E-state index in [1.54, 1.807) is 39.0 Å². The summed E-state index contributed by atoms with van der Waals surface area (Å²) in [6.45, 7) is 9.26. The Morgan fingerprint density at radius 2 is 1.61 bits per heavy atom. The van der Waals surface area contributed by atoms with Crippen LogP contribution in [0.25, 0.3) is 0 Å². The number of aliphatic hydroxyl groups is 2. The maximum Gasteiger partial charge on any atom is 0.408 e. The number of carbonyl (C=O) groups excluding carboxylic acids is 3. The normalized spacial score (nSPS) is 12.9. The first kappa shape index (κ1) is 28.8. The molecule has 2 unspecified atom stereocenters. The number of aliphatic hydroxyl groups excluding tert-OH is 2. The van der Waals surface area contributed by atoms with E-state index in [-0.39, 0.29) is 6.54 Å². The number of ether oxygens (including phenoxy) is 1. The van der Waals surface area contributed by atoms with Crippen molar-refractivity contribution in [3.8, 4) is 0 Å². The van der Waals surface area contributed by atoms with Crippen LogP contribution < -0.4 is 10.6 Å². The van der Waals surface area contributed by atoms with Gasteiger partial charge in [-0.25, -0.2) is 4.79 Å². The SMILES string of the molecule is Cc1cccc(C(C(=O)Nc2c(C)cccc2C)N(CCO)C(=O)C(CO)NC(=O)OC(C)(C)C)c1. The highest BCUT2D eigenvalue weighted by molar-refractivity contribution is 6.00. The number of nitrogens with one attached hydrogen (secondary N) is 2. The molecule has 36 heavy (non-hydrogen) atoms. The Hall–Kier alpha value is -3.43. The molecule has 0 radical (unpaired) electrons. The van der Waals surface area contributed by atoms with E-state index in [9.17, 15) is 24.6 Å². The molecule has 0 saturated carbocycles. The van der Waals surface area contributed by atoms with Gasteiger partial charge in [0.25, 0.3) is 5.91 Å². The molecule has 0 saturated heterocycles. The van der Waals surface area contributed by atoms with Gasteiger partial charge in [-0.2, -0.15) is 0 Å². The third kappa shape index (κ3) is 7.79. The van der Waals surface area contributed by atoms with E-state index < -0.39 is 48.8 Å². The summed E-state index contributed by atoms with van der Waals surface area (Å²) in [6.07, 6.45) is -0.883. The van der Waals surface area contributed by atoms with Crippen LogP contribution in [0.3, 0.4) is 0 Å². The second kappa shape index (κ2) is 12.5. The van der Waals surface area contributed by atoms with Crippen molar-refractivity contribution in [2.45, 2.75) is 59.2 Å². The highest BCUT2D eigenvalue weighted by Gasteiger charge is 2.36. The molecule has 0 bridgehead atoms. The van der Waals surface area contributed by atoms with E-state index >= 15 is 0 Å². The van der Waals surface area contributed by atoms with Gasteiger partial charge in [0.1, 0.15) is 17.7 Å². The Balaban J connectivity index is 2.48. The van der Waals surface area contributed by atoms with Crippen LogP contribution in [0.1, 0.15) is 49.1 Å². The summed E-state index contributed by atoms with van der Waals surface area (Å²) in [6, 6.07) is 10.2. The maximum absolute atomic E-state index is 13.7. The number of alkyl carbamates (subject to hydrolysis) is 1. The first-order valence-electron chi connectivity index (χ1n) is 11.8. The van der Waals surface area contributed by atoms with E-state index in [1.165, 1.54) is 0 Å². The molecule has 0 heterocycles. The minimum Gasteiger partial charge on any atom is -0.444 e. The molecule has 0 aliphatic rings. The highest BCUT2D eigenvalue weighted by Crippen LogP contribution is 2.27. The Kier molecular flexibility index (Phi) is 10.0. The summed E-state index contributed by atoms with van der Waals surface area (Å²) in [5, 5.41) is 25.0. The Morgan fingerprint density at radius 3 is 2.14 bits per heavy atom. The molecule has 9 heteroatoms. The first-order valence-corrected chi connectivity index (χ1v) is 11.8. The topological polar surface area (TPSA) is 128 Å². The quantitative estimate of drug-likeness (QED) is 0.420. The molecule has 3 amide bonds. The summed E-state index contributed by atoms with van der Waals surface area (Å²) in [5.41, 5.74) is 2.92. The molecule has 2 atom stereocenters. The van der Waals surface area contributed by atoms with Crippen molar-refractivity contribution in [2.24, 2.45) is 0 Å². The summed E-state index contributed by atoms with van der Waals surface area (Å²) >= 11 is 0. The number of nitrogens with zero attached hydrogens (tertiary/aromatic N) is 1. The predicted molar refractivity (Wildman–Crippen MR) is 138 cm³/mol. The van der Waals surface area contributed by atoms with Gasteiger partial charge in [-0.05, 0) is 58.2 Å². The largest absolute Gasteiger partial charge is 0.444 e. The number of benzene rings is 2. The predicted octanol–water partition coefficient (Wildman–Crippen LogP) is 3.00. The summed E-state index contributed by atoms with van der Waals surface area (Å²) in [4.78, 5) is 40.7. The van der Waals surface area contributed by atoms with Gasteiger partial charge in [-0.15, -0.1) is 0 Å². The van der Waals surface area contributed by atoms with Crippen molar-refractivity contribution in [3.63, 3.8) is 0 Å². The lowest BCUT2D eigenvalue weighted by Gasteiger charge is -2.34. The summed E-state index contributed by atoms with van der Waals surface area (Å²) < 4.78 is 5.21. The van der Waals surface area contributed by atoms with Crippen molar-refractivity contribution in [2.75, 3.05) is 25.1 Å². The zero-order valence-electron chi connectivity index (χ0n) is 21.8. The third-order valence-corrected chi connectivity index (χ3v) is 5.44. The van der Waals surface area contributed by atoms with Crippen LogP contribution in [0.2, 0.25) is 0 Å². The number of para-hydroxylation sites is 1. The Bertz CT molecular complexity index is 1060. The molecule has 2 rings (SSSR count). The lowest BCUT2D eigenvalue weighted by Crippen LogP contribution is -2.54. The molecule has 9 nitrogen and oxygen atoms in total. The molecule has 196 valence electrons. The molecule has 2 aromatic rings. The highest BCUT2D eigenvalue weighted by atomic mass is 16.6. The van der Waals surface area contributed by atoms with Crippen molar-refractivity contribution in [1.29, 1.82) is 0 Å². The zero-order valence-corrected chi connectivity index (χ0v) is 21.8. The Morgan fingerprint density at radius 1 is 1.00 bits per heavy atom. The smallest absolute Gasteiger partial charge is 0.408 e. The van der Waals surface area contributed by atoms with Crippen LogP contribution >= 0.6 is 0 Å². The van der Waals surface area contributed by atoms with Crippen molar-refractivity contribution in [3.05, 3.63) is 64.7 Å². The number of hydrogen-bond acceptors (Lipinski definition) is 6. The van der Waals surface area contributed by atoms with E-state index in [0.717, 1.165) is 21.6 Å². The van der Waals surface area contributed by atoms with Gasteiger partial charge in [-0.1, -0.05) is 48.0 Å². The van der Waals surface area contributed by atoms with Crippen LogP contribution in [0.5, 0.6) is 0 Å². The van der Waals surface area contributed by atoms with Crippen LogP contribution in [-0.4, -0.2) is 64.4 Å². The van der Waals surface area contributed by atoms with Gasteiger partial charge in [0, 0.05) is 12.2 Å². The lowest BCUT2D eigenvalue weighted by molar-refractivity contribution is -0.142. The van der Waals surface area contributed by atoms with Gasteiger partial charge in [0.2, 0.25) is 5.91 Å².